The predicted molar refractivity (Wildman–Crippen MR) is 78.9 cm³/mol. The Kier molecular flexibility index (Phi) is 4.71. The van der Waals surface area contributed by atoms with Gasteiger partial charge in [0, 0.05) is 31.2 Å². The van der Waals surface area contributed by atoms with E-state index in [2.05, 4.69) is 37.9 Å². The van der Waals surface area contributed by atoms with Crippen LogP contribution in [0.5, 0.6) is 0 Å². The fourth-order valence-electron chi connectivity index (χ4n) is 4.10. The Hall–Kier alpha value is -0.0800. The lowest BCUT2D eigenvalue weighted by Crippen LogP contribution is -2.61. The summed E-state index contributed by atoms with van der Waals surface area (Å²) in [5, 5.41) is 3.55. The van der Waals surface area contributed by atoms with E-state index in [1.807, 2.05) is 0 Å². The average molecular weight is 252 g/mol. The van der Waals surface area contributed by atoms with E-state index in [9.17, 15) is 0 Å². The molecule has 18 heavy (non-hydrogen) atoms. The van der Waals surface area contributed by atoms with Crippen molar-refractivity contribution in [2.24, 2.45) is 11.8 Å². The van der Waals surface area contributed by atoms with Crippen LogP contribution < -0.4 is 5.32 Å². The summed E-state index contributed by atoms with van der Waals surface area (Å²) in [4.78, 5) is 2.80. The van der Waals surface area contributed by atoms with Gasteiger partial charge in [0.05, 0.1) is 0 Å². The molecule has 2 unspecified atom stereocenters. The molecule has 2 nitrogen and oxygen atoms in total. The third kappa shape index (κ3) is 3.48. The molecule has 2 heteroatoms. The van der Waals surface area contributed by atoms with Gasteiger partial charge in [-0.15, -0.1) is 0 Å². The zero-order valence-corrected chi connectivity index (χ0v) is 12.8. The van der Waals surface area contributed by atoms with Gasteiger partial charge >= 0.3 is 0 Å². The first-order valence-electron chi connectivity index (χ1n) is 7.96. The van der Waals surface area contributed by atoms with Crippen molar-refractivity contribution in [3.8, 4) is 0 Å². The number of piperazine rings is 1. The molecule has 0 spiro atoms. The van der Waals surface area contributed by atoms with Crippen LogP contribution in [0, 0.1) is 11.8 Å². The van der Waals surface area contributed by atoms with E-state index in [1.54, 1.807) is 0 Å². The fourth-order valence-corrected chi connectivity index (χ4v) is 4.10. The van der Waals surface area contributed by atoms with Crippen LogP contribution >= 0.6 is 0 Å². The molecule has 0 aromatic carbocycles. The number of nitrogens with one attached hydrogen (secondary N) is 1. The van der Waals surface area contributed by atoms with Crippen molar-refractivity contribution >= 4 is 0 Å². The Labute approximate surface area is 114 Å². The highest BCUT2D eigenvalue weighted by atomic mass is 15.3. The molecule has 1 saturated carbocycles. The molecule has 1 heterocycles. The molecule has 0 aromatic heterocycles. The molecule has 1 N–H and O–H groups in total. The van der Waals surface area contributed by atoms with Gasteiger partial charge in [0.1, 0.15) is 0 Å². The van der Waals surface area contributed by atoms with E-state index in [1.165, 1.54) is 45.2 Å². The minimum Gasteiger partial charge on any atom is -0.314 e. The van der Waals surface area contributed by atoms with E-state index in [-0.39, 0.29) is 0 Å². The van der Waals surface area contributed by atoms with Crippen molar-refractivity contribution < 1.29 is 0 Å². The maximum atomic E-state index is 3.55. The van der Waals surface area contributed by atoms with Gasteiger partial charge in [-0.25, -0.2) is 0 Å². The Morgan fingerprint density at radius 1 is 1.28 bits per heavy atom. The number of nitrogens with zero attached hydrogens (tertiary/aromatic N) is 1. The standard InChI is InChI=1S/C16H32N2/c1-13(2)10-14-6-5-7-15(11-14)18-9-8-17-12-16(18,3)4/h13-15,17H,5-12H2,1-4H3. The lowest BCUT2D eigenvalue weighted by molar-refractivity contribution is 0.0160. The van der Waals surface area contributed by atoms with Crippen LogP contribution in [0.15, 0.2) is 0 Å². The monoisotopic (exact) mass is 252 g/mol. The van der Waals surface area contributed by atoms with Gasteiger partial charge in [-0.05, 0) is 44.9 Å². The molecule has 2 aliphatic rings. The van der Waals surface area contributed by atoms with Crippen molar-refractivity contribution in [1.29, 1.82) is 0 Å². The molecule has 2 fully saturated rings. The Balaban J connectivity index is 1.95. The van der Waals surface area contributed by atoms with Gasteiger partial charge in [-0.2, -0.15) is 0 Å². The SMILES string of the molecule is CC(C)CC1CCCC(N2CCNCC2(C)C)C1. The lowest BCUT2D eigenvalue weighted by atomic mass is 9.79. The van der Waals surface area contributed by atoms with Crippen molar-refractivity contribution in [3.63, 3.8) is 0 Å². The molecular weight excluding hydrogens is 220 g/mol. The Bertz CT molecular complexity index is 260. The minimum atomic E-state index is 0.350. The topological polar surface area (TPSA) is 15.3 Å². The first-order chi connectivity index (χ1) is 8.49. The summed E-state index contributed by atoms with van der Waals surface area (Å²) in [5.74, 6) is 1.85. The van der Waals surface area contributed by atoms with Crippen LogP contribution in [-0.2, 0) is 0 Å². The van der Waals surface area contributed by atoms with Crippen LogP contribution in [-0.4, -0.2) is 36.1 Å². The first kappa shape index (κ1) is 14.3. The number of rotatable bonds is 3. The van der Waals surface area contributed by atoms with Gasteiger partial charge in [0.2, 0.25) is 0 Å². The second-order valence-electron chi connectivity index (χ2n) is 7.50. The maximum Gasteiger partial charge on any atom is 0.0281 e. The van der Waals surface area contributed by atoms with E-state index in [0.717, 1.165) is 24.4 Å². The second-order valence-corrected chi connectivity index (χ2v) is 7.50. The lowest BCUT2D eigenvalue weighted by Gasteiger charge is -2.49. The molecule has 0 radical (unpaired) electrons. The fraction of sp³-hybridized carbons (Fsp3) is 1.00. The summed E-state index contributed by atoms with van der Waals surface area (Å²) in [5.41, 5.74) is 0.350. The Morgan fingerprint density at radius 3 is 2.72 bits per heavy atom. The van der Waals surface area contributed by atoms with E-state index >= 15 is 0 Å². The van der Waals surface area contributed by atoms with Gasteiger partial charge in [0.25, 0.3) is 0 Å². The van der Waals surface area contributed by atoms with Gasteiger partial charge < -0.3 is 5.32 Å². The van der Waals surface area contributed by atoms with Crippen LogP contribution in [0.4, 0.5) is 0 Å². The smallest absolute Gasteiger partial charge is 0.0281 e. The largest absolute Gasteiger partial charge is 0.314 e. The summed E-state index contributed by atoms with van der Waals surface area (Å²) >= 11 is 0. The van der Waals surface area contributed by atoms with Gasteiger partial charge in [-0.1, -0.05) is 26.7 Å². The van der Waals surface area contributed by atoms with Crippen molar-refractivity contribution in [3.05, 3.63) is 0 Å². The van der Waals surface area contributed by atoms with Gasteiger partial charge in [0.15, 0.2) is 0 Å². The molecule has 1 saturated heterocycles. The zero-order chi connectivity index (χ0) is 13.2. The molecule has 0 aromatic rings. The number of hydrogen-bond acceptors (Lipinski definition) is 2. The average Bonchev–Trinajstić information content (AvgIpc) is 2.27. The molecule has 1 aliphatic carbocycles. The van der Waals surface area contributed by atoms with E-state index < -0.39 is 0 Å². The molecule has 2 rings (SSSR count). The summed E-state index contributed by atoms with van der Waals surface area (Å²) in [6.07, 6.45) is 7.23. The van der Waals surface area contributed by atoms with Crippen LogP contribution in [0.3, 0.4) is 0 Å². The first-order valence-corrected chi connectivity index (χ1v) is 7.96. The van der Waals surface area contributed by atoms with Crippen LogP contribution in [0.2, 0.25) is 0 Å². The summed E-state index contributed by atoms with van der Waals surface area (Å²) in [6.45, 7) is 13.1. The van der Waals surface area contributed by atoms with Gasteiger partial charge in [-0.3, -0.25) is 4.90 Å². The van der Waals surface area contributed by atoms with Crippen LogP contribution in [0.25, 0.3) is 0 Å². The molecule has 1 aliphatic heterocycles. The van der Waals surface area contributed by atoms with Crippen molar-refractivity contribution in [2.45, 2.75) is 71.4 Å². The molecule has 2 atom stereocenters. The van der Waals surface area contributed by atoms with Crippen molar-refractivity contribution in [1.82, 2.24) is 10.2 Å². The third-order valence-electron chi connectivity index (χ3n) is 4.87. The molecule has 0 amide bonds. The quantitative estimate of drug-likeness (QED) is 0.829. The van der Waals surface area contributed by atoms with E-state index in [0.29, 0.717) is 5.54 Å². The molecule has 0 bridgehead atoms. The normalized spacial score (nSPS) is 33.8. The molecule has 106 valence electrons. The highest BCUT2D eigenvalue weighted by Gasteiger charge is 2.36. The highest BCUT2D eigenvalue weighted by molar-refractivity contribution is 4.94. The predicted octanol–water partition coefficient (Wildman–Crippen LogP) is 3.28. The molecular formula is C16H32N2. The zero-order valence-electron chi connectivity index (χ0n) is 12.8. The summed E-state index contributed by atoms with van der Waals surface area (Å²) in [6, 6.07) is 0.847. The second kappa shape index (κ2) is 5.92. The highest BCUT2D eigenvalue weighted by Crippen LogP contribution is 2.34. The third-order valence-corrected chi connectivity index (χ3v) is 4.87. The van der Waals surface area contributed by atoms with Crippen molar-refractivity contribution in [2.75, 3.05) is 19.6 Å². The minimum absolute atomic E-state index is 0.350. The van der Waals surface area contributed by atoms with E-state index in [4.69, 9.17) is 0 Å². The number of hydrogen-bond donors (Lipinski definition) is 1. The summed E-state index contributed by atoms with van der Waals surface area (Å²) in [7, 11) is 0. The Morgan fingerprint density at radius 2 is 2.06 bits per heavy atom. The summed E-state index contributed by atoms with van der Waals surface area (Å²) < 4.78 is 0. The maximum absolute atomic E-state index is 3.55. The van der Waals surface area contributed by atoms with Crippen LogP contribution in [0.1, 0.15) is 59.8 Å².